The number of hydrogen-bond acceptors (Lipinski definition) is 4. The molecular weight excluding hydrogens is 292 g/mol. The van der Waals surface area contributed by atoms with Gasteiger partial charge in [-0.05, 0) is 60.8 Å². The smallest absolute Gasteiger partial charge is 0.0565 e. The minimum atomic E-state index is 0.635. The molecule has 2 fully saturated rings. The molecule has 2 aromatic heterocycles. The third-order valence-corrected chi connectivity index (χ3v) is 6.13. The number of piperidine rings is 1. The van der Waals surface area contributed by atoms with Gasteiger partial charge in [0.05, 0.1) is 6.54 Å². The molecule has 0 saturated carbocycles. The normalized spacial score (nSPS) is 29.8. The Bertz CT molecular complexity index is 578. The van der Waals surface area contributed by atoms with E-state index in [0.717, 1.165) is 25.0 Å². The van der Waals surface area contributed by atoms with Crippen LogP contribution in [0.25, 0.3) is 0 Å². The summed E-state index contributed by atoms with van der Waals surface area (Å²) in [4.78, 5) is 5.27. The molecule has 4 heterocycles. The average molecular weight is 316 g/mol. The van der Waals surface area contributed by atoms with Crippen molar-refractivity contribution in [3.63, 3.8) is 0 Å². The number of aromatic nitrogens is 2. The highest BCUT2D eigenvalue weighted by Gasteiger charge is 2.41. The standard InChI is InChI=1S/C17H24N4S/c1-19-16(12-21-6-2-5-18-21)9-15-11-20(7-3-17(15)19)10-14-4-8-22-13-14/h2,4-6,8,13,15-17H,3,7,9-12H2,1H3/t15-,16+,17+/m1/s1. The average Bonchev–Trinajstić information content (AvgIpc) is 3.24. The largest absolute Gasteiger partial charge is 0.299 e. The number of nitrogens with zero attached hydrogens (tertiary/aromatic N) is 4. The summed E-state index contributed by atoms with van der Waals surface area (Å²) in [5, 5.41) is 8.85. The summed E-state index contributed by atoms with van der Waals surface area (Å²) in [5.41, 5.74) is 1.47. The van der Waals surface area contributed by atoms with E-state index < -0.39 is 0 Å². The predicted octanol–water partition coefficient (Wildman–Crippen LogP) is 2.54. The first-order valence-electron chi connectivity index (χ1n) is 8.22. The van der Waals surface area contributed by atoms with Crippen LogP contribution in [0, 0.1) is 5.92 Å². The first-order chi connectivity index (χ1) is 10.8. The first kappa shape index (κ1) is 14.4. The van der Waals surface area contributed by atoms with Crippen molar-refractivity contribution in [2.45, 2.75) is 38.0 Å². The lowest BCUT2D eigenvalue weighted by molar-refractivity contribution is 0.110. The highest BCUT2D eigenvalue weighted by atomic mass is 32.1. The third-order valence-electron chi connectivity index (χ3n) is 5.40. The van der Waals surface area contributed by atoms with E-state index in [-0.39, 0.29) is 0 Å². The van der Waals surface area contributed by atoms with Crippen molar-refractivity contribution in [3.8, 4) is 0 Å². The number of hydrogen-bond donors (Lipinski definition) is 0. The molecular formula is C17H24N4S. The molecule has 0 unspecified atom stereocenters. The molecule has 0 N–H and O–H groups in total. The van der Waals surface area contributed by atoms with Crippen LogP contribution in [-0.2, 0) is 13.1 Å². The van der Waals surface area contributed by atoms with Crippen LogP contribution in [0.1, 0.15) is 18.4 Å². The molecule has 2 aliphatic rings. The topological polar surface area (TPSA) is 24.3 Å². The Morgan fingerprint density at radius 1 is 1.41 bits per heavy atom. The van der Waals surface area contributed by atoms with Gasteiger partial charge in [-0.2, -0.15) is 16.4 Å². The van der Waals surface area contributed by atoms with Crippen LogP contribution < -0.4 is 0 Å². The van der Waals surface area contributed by atoms with E-state index in [1.54, 1.807) is 11.3 Å². The third kappa shape index (κ3) is 2.85. The van der Waals surface area contributed by atoms with Crippen molar-refractivity contribution in [2.75, 3.05) is 20.1 Å². The fraction of sp³-hybridized carbons (Fsp3) is 0.588. The van der Waals surface area contributed by atoms with Crippen LogP contribution in [0.2, 0.25) is 0 Å². The molecule has 4 nitrogen and oxygen atoms in total. The van der Waals surface area contributed by atoms with Gasteiger partial charge < -0.3 is 0 Å². The SMILES string of the molecule is CN1[C@H](Cn2cccn2)C[C@@H]2CN(Cc3ccsc3)CC[C@@H]21. The summed E-state index contributed by atoms with van der Waals surface area (Å²) < 4.78 is 2.08. The molecule has 0 radical (unpaired) electrons. The van der Waals surface area contributed by atoms with Crippen LogP contribution in [-0.4, -0.2) is 51.8 Å². The second kappa shape index (κ2) is 6.14. The maximum atomic E-state index is 4.38. The number of fused-ring (bicyclic) bond motifs is 1. The molecule has 5 heteroatoms. The van der Waals surface area contributed by atoms with Crippen LogP contribution in [0.3, 0.4) is 0 Å². The molecule has 2 aliphatic heterocycles. The monoisotopic (exact) mass is 316 g/mol. The number of likely N-dealkylation sites (tertiary alicyclic amines) is 2. The second-order valence-corrected chi connectivity index (χ2v) is 7.55. The summed E-state index contributed by atoms with van der Waals surface area (Å²) >= 11 is 1.81. The molecule has 4 rings (SSSR count). The minimum absolute atomic E-state index is 0.635. The minimum Gasteiger partial charge on any atom is -0.299 e. The molecule has 0 spiro atoms. The van der Waals surface area contributed by atoms with Gasteiger partial charge in [-0.3, -0.25) is 14.5 Å². The van der Waals surface area contributed by atoms with E-state index >= 15 is 0 Å². The second-order valence-electron chi connectivity index (χ2n) is 6.77. The number of likely N-dealkylation sites (N-methyl/N-ethyl adjacent to an activating group) is 1. The predicted molar refractivity (Wildman–Crippen MR) is 89.9 cm³/mol. The summed E-state index contributed by atoms with van der Waals surface area (Å²) in [6.45, 7) is 4.64. The highest BCUT2D eigenvalue weighted by Crippen LogP contribution is 2.35. The lowest BCUT2D eigenvalue weighted by Gasteiger charge is -2.37. The zero-order chi connectivity index (χ0) is 14.9. The Morgan fingerprint density at radius 2 is 2.36 bits per heavy atom. The van der Waals surface area contributed by atoms with Crippen LogP contribution >= 0.6 is 11.3 Å². The summed E-state index contributed by atoms with van der Waals surface area (Å²) in [6, 6.07) is 5.68. The fourth-order valence-electron chi connectivity index (χ4n) is 4.26. The molecule has 0 bridgehead atoms. The van der Waals surface area contributed by atoms with Gasteiger partial charge in [0.15, 0.2) is 0 Å². The molecule has 0 aliphatic carbocycles. The Labute approximate surface area is 136 Å². The van der Waals surface area contributed by atoms with Gasteiger partial charge in [0.1, 0.15) is 0 Å². The molecule has 3 atom stereocenters. The number of rotatable bonds is 4. The fourth-order valence-corrected chi connectivity index (χ4v) is 4.92. The molecule has 0 aromatic carbocycles. The van der Waals surface area contributed by atoms with Gasteiger partial charge in [0.25, 0.3) is 0 Å². The summed E-state index contributed by atoms with van der Waals surface area (Å²) in [6.07, 6.45) is 6.57. The Hall–Kier alpha value is -1.17. The van der Waals surface area contributed by atoms with Gasteiger partial charge in [0, 0.05) is 37.6 Å². The molecule has 2 aromatic rings. The zero-order valence-corrected chi connectivity index (χ0v) is 14.0. The number of thiophene rings is 1. The Kier molecular flexibility index (Phi) is 4.03. The van der Waals surface area contributed by atoms with Crippen LogP contribution in [0.5, 0.6) is 0 Å². The summed E-state index contributed by atoms with van der Waals surface area (Å²) in [7, 11) is 2.31. The lowest BCUT2D eigenvalue weighted by Crippen LogP contribution is -2.45. The van der Waals surface area contributed by atoms with E-state index in [4.69, 9.17) is 0 Å². The van der Waals surface area contributed by atoms with E-state index in [1.807, 2.05) is 12.3 Å². The zero-order valence-electron chi connectivity index (χ0n) is 13.1. The van der Waals surface area contributed by atoms with Crippen molar-refractivity contribution in [1.82, 2.24) is 19.6 Å². The van der Waals surface area contributed by atoms with Crippen LogP contribution in [0.4, 0.5) is 0 Å². The Morgan fingerprint density at radius 3 is 3.14 bits per heavy atom. The van der Waals surface area contributed by atoms with Crippen molar-refractivity contribution < 1.29 is 0 Å². The van der Waals surface area contributed by atoms with Crippen molar-refractivity contribution >= 4 is 11.3 Å². The first-order valence-corrected chi connectivity index (χ1v) is 9.16. The van der Waals surface area contributed by atoms with Gasteiger partial charge in [-0.15, -0.1) is 0 Å². The quantitative estimate of drug-likeness (QED) is 0.866. The molecule has 118 valence electrons. The van der Waals surface area contributed by atoms with Gasteiger partial charge in [-0.1, -0.05) is 0 Å². The highest BCUT2D eigenvalue weighted by molar-refractivity contribution is 7.07. The van der Waals surface area contributed by atoms with Crippen molar-refractivity contribution in [1.29, 1.82) is 0 Å². The Balaban J connectivity index is 1.38. The lowest BCUT2D eigenvalue weighted by atomic mass is 9.92. The summed E-state index contributed by atoms with van der Waals surface area (Å²) in [5.74, 6) is 0.818. The maximum Gasteiger partial charge on any atom is 0.0565 e. The van der Waals surface area contributed by atoms with Gasteiger partial charge in [-0.25, -0.2) is 0 Å². The van der Waals surface area contributed by atoms with Crippen molar-refractivity contribution in [3.05, 3.63) is 40.8 Å². The van der Waals surface area contributed by atoms with Crippen LogP contribution in [0.15, 0.2) is 35.3 Å². The molecule has 0 amide bonds. The van der Waals surface area contributed by atoms with Gasteiger partial charge in [0.2, 0.25) is 0 Å². The molecule has 22 heavy (non-hydrogen) atoms. The maximum absolute atomic E-state index is 4.38. The van der Waals surface area contributed by atoms with E-state index in [9.17, 15) is 0 Å². The molecule has 2 saturated heterocycles. The van der Waals surface area contributed by atoms with E-state index in [0.29, 0.717) is 6.04 Å². The van der Waals surface area contributed by atoms with Crippen molar-refractivity contribution in [2.24, 2.45) is 5.92 Å². The van der Waals surface area contributed by atoms with E-state index in [2.05, 4.69) is 49.7 Å². The van der Waals surface area contributed by atoms with E-state index in [1.165, 1.54) is 31.5 Å². The van der Waals surface area contributed by atoms with Gasteiger partial charge >= 0.3 is 0 Å².